The van der Waals surface area contributed by atoms with Crippen LogP contribution in [0.3, 0.4) is 0 Å². The number of ether oxygens (including phenoxy) is 1. The fourth-order valence-electron chi connectivity index (χ4n) is 3.98. The van der Waals surface area contributed by atoms with E-state index in [4.69, 9.17) is 4.74 Å². The highest BCUT2D eigenvalue weighted by atomic mass is 16.5. The van der Waals surface area contributed by atoms with Crippen molar-refractivity contribution in [1.82, 2.24) is 4.90 Å². The van der Waals surface area contributed by atoms with Gasteiger partial charge in [-0.25, -0.2) is 0 Å². The summed E-state index contributed by atoms with van der Waals surface area (Å²) in [7, 11) is 3.71. The molecule has 1 aliphatic rings. The van der Waals surface area contributed by atoms with Crippen LogP contribution < -0.4 is 0 Å². The normalized spacial score (nSPS) is 23.9. The standard InChI is InChI=1S/C21H31NO2/c1-4-5-7-12-19-18(15-21(23)24-3)13-14-20(19)22(2)16-17-10-8-6-9-11-17/h5-11,18-20H,4,12-16H2,1-3H3/b7-5+. The third-order valence-corrected chi connectivity index (χ3v) is 5.24. The van der Waals surface area contributed by atoms with Gasteiger partial charge in [-0.15, -0.1) is 0 Å². The monoisotopic (exact) mass is 329 g/mol. The Bertz CT molecular complexity index is 526. The van der Waals surface area contributed by atoms with Gasteiger partial charge < -0.3 is 4.74 Å². The molecule has 1 saturated carbocycles. The number of carbonyl (C=O) groups is 1. The number of esters is 1. The molecule has 0 amide bonds. The lowest BCUT2D eigenvalue weighted by molar-refractivity contribution is -0.142. The van der Waals surface area contributed by atoms with Crippen LogP contribution in [0.2, 0.25) is 0 Å². The lowest BCUT2D eigenvalue weighted by Gasteiger charge is -2.31. The molecule has 3 atom stereocenters. The quantitative estimate of drug-likeness (QED) is 0.522. The molecule has 0 N–H and O–H groups in total. The number of methoxy groups -OCH3 is 1. The zero-order valence-corrected chi connectivity index (χ0v) is 15.3. The minimum absolute atomic E-state index is 0.0733. The molecule has 24 heavy (non-hydrogen) atoms. The molecule has 0 heterocycles. The first-order valence-electron chi connectivity index (χ1n) is 9.11. The molecule has 3 heteroatoms. The zero-order chi connectivity index (χ0) is 17.4. The Hall–Kier alpha value is -1.61. The van der Waals surface area contributed by atoms with Gasteiger partial charge in [-0.05, 0) is 50.1 Å². The second-order valence-corrected chi connectivity index (χ2v) is 6.86. The highest BCUT2D eigenvalue weighted by Crippen LogP contribution is 2.40. The third kappa shape index (κ3) is 5.20. The van der Waals surface area contributed by atoms with E-state index in [1.165, 1.54) is 12.7 Å². The Labute approximate surface area is 146 Å². The molecular formula is C21H31NO2. The SMILES string of the molecule is CC/C=C/CC1C(CC(=O)OC)CCC1N(C)Cc1ccccc1. The molecule has 132 valence electrons. The second-order valence-electron chi connectivity index (χ2n) is 6.86. The van der Waals surface area contributed by atoms with Gasteiger partial charge in [-0.3, -0.25) is 9.69 Å². The minimum atomic E-state index is -0.0733. The molecule has 1 fully saturated rings. The van der Waals surface area contributed by atoms with Crippen molar-refractivity contribution in [3.8, 4) is 0 Å². The van der Waals surface area contributed by atoms with Crippen molar-refractivity contribution < 1.29 is 9.53 Å². The molecule has 0 saturated heterocycles. The van der Waals surface area contributed by atoms with E-state index in [1.54, 1.807) is 0 Å². The van der Waals surface area contributed by atoms with Crippen LogP contribution in [0.15, 0.2) is 42.5 Å². The van der Waals surface area contributed by atoms with Crippen molar-refractivity contribution in [2.75, 3.05) is 14.2 Å². The summed E-state index contributed by atoms with van der Waals surface area (Å²) in [4.78, 5) is 14.2. The van der Waals surface area contributed by atoms with Gasteiger partial charge in [0.1, 0.15) is 0 Å². The van der Waals surface area contributed by atoms with E-state index in [0.29, 0.717) is 24.3 Å². The predicted molar refractivity (Wildman–Crippen MR) is 98.6 cm³/mol. The number of hydrogen-bond donors (Lipinski definition) is 0. The molecule has 0 spiro atoms. The number of nitrogens with zero attached hydrogens (tertiary/aromatic N) is 1. The molecule has 1 aliphatic carbocycles. The molecule has 2 rings (SSSR count). The van der Waals surface area contributed by atoms with E-state index in [2.05, 4.69) is 61.4 Å². The summed E-state index contributed by atoms with van der Waals surface area (Å²) in [5.74, 6) is 0.888. The Balaban J connectivity index is 2.05. The van der Waals surface area contributed by atoms with E-state index in [0.717, 1.165) is 32.2 Å². The van der Waals surface area contributed by atoms with Gasteiger partial charge in [0.25, 0.3) is 0 Å². The number of rotatable bonds is 8. The smallest absolute Gasteiger partial charge is 0.305 e. The van der Waals surface area contributed by atoms with E-state index >= 15 is 0 Å². The summed E-state index contributed by atoms with van der Waals surface area (Å²) >= 11 is 0. The molecular weight excluding hydrogens is 298 g/mol. The summed E-state index contributed by atoms with van der Waals surface area (Å²) in [5.41, 5.74) is 1.35. The number of carbonyl (C=O) groups excluding carboxylic acids is 1. The Morgan fingerprint density at radius 3 is 2.67 bits per heavy atom. The summed E-state index contributed by atoms with van der Waals surface area (Å²) in [6.07, 6.45) is 9.49. The average Bonchev–Trinajstić information content (AvgIpc) is 2.98. The van der Waals surface area contributed by atoms with Crippen LogP contribution in [-0.4, -0.2) is 31.1 Å². The zero-order valence-electron chi connectivity index (χ0n) is 15.3. The van der Waals surface area contributed by atoms with Crippen LogP contribution in [0, 0.1) is 11.8 Å². The fraction of sp³-hybridized carbons (Fsp3) is 0.571. The first-order valence-corrected chi connectivity index (χ1v) is 9.11. The van der Waals surface area contributed by atoms with Crippen molar-refractivity contribution in [1.29, 1.82) is 0 Å². The van der Waals surface area contributed by atoms with Gasteiger partial charge in [0.15, 0.2) is 0 Å². The van der Waals surface area contributed by atoms with E-state index in [1.807, 2.05) is 0 Å². The maximum absolute atomic E-state index is 11.8. The summed E-state index contributed by atoms with van der Waals surface area (Å²) in [6, 6.07) is 11.1. The van der Waals surface area contributed by atoms with Gasteiger partial charge >= 0.3 is 5.97 Å². The maximum Gasteiger partial charge on any atom is 0.305 e. The minimum Gasteiger partial charge on any atom is -0.469 e. The van der Waals surface area contributed by atoms with Gasteiger partial charge in [0.05, 0.1) is 7.11 Å². The van der Waals surface area contributed by atoms with Crippen molar-refractivity contribution in [2.24, 2.45) is 11.8 Å². The molecule has 0 aliphatic heterocycles. The maximum atomic E-state index is 11.8. The lowest BCUT2D eigenvalue weighted by Crippen LogP contribution is -2.36. The number of benzene rings is 1. The number of hydrogen-bond acceptors (Lipinski definition) is 3. The van der Waals surface area contributed by atoms with Crippen LogP contribution >= 0.6 is 0 Å². The summed E-state index contributed by atoms with van der Waals surface area (Å²) in [6.45, 7) is 3.13. The predicted octanol–water partition coefficient (Wildman–Crippen LogP) is 4.43. The number of allylic oxidation sites excluding steroid dienone is 2. The largest absolute Gasteiger partial charge is 0.469 e. The van der Waals surface area contributed by atoms with E-state index in [-0.39, 0.29) is 5.97 Å². The summed E-state index contributed by atoms with van der Waals surface area (Å²) in [5, 5.41) is 0. The van der Waals surface area contributed by atoms with Crippen molar-refractivity contribution in [3.63, 3.8) is 0 Å². The van der Waals surface area contributed by atoms with Crippen LogP contribution in [0.5, 0.6) is 0 Å². The van der Waals surface area contributed by atoms with Gasteiger partial charge in [0, 0.05) is 19.0 Å². The second kappa shape index (κ2) is 9.63. The Kier molecular flexibility index (Phi) is 7.51. The average molecular weight is 329 g/mol. The molecule has 1 aromatic carbocycles. The Morgan fingerprint density at radius 2 is 2.00 bits per heavy atom. The van der Waals surface area contributed by atoms with Gasteiger partial charge in [-0.2, -0.15) is 0 Å². The summed E-state index contributed by atoms with van der Waals surface area (Å²) < 4.78 is 4.91. The Morgan fingerprint density at radius 1 is 1.25 bits per heavy atom. The van der Waals surface area contributed by atoms with E-state index in [9.17, 15) is 4.79 Å². The van der Waals surface area contributed by atoms with Gasteiger partial charge in [0.2, 0.25) is 0 Å². The molecule has 0 aromatic heterocycles. The highest BCUT2D eigenvalue weighted by Gasteiger charge is 2.38. The van der Waals surface area contributed by atoms with E-state index < -0.39 is 0 Å². The lowest BCUT2D eigenvalue weighted by atomic mass is 9.87. The molecule has 3 nitrogen and oxygen atoms in total. The molecule has 0 bridgehead atoms. The molecule has 1 aromatic rings. The van der Waals surface area contributed by atoms with Crippen molar-refractivity contribution >= 4 is 5.97 Å². The topological polar surface area (TPSA) is 29.5 Å². The van der Waals surface area contributed by atoms with Crippen molar-refractivity contribution in [3.05, 3.63) is 48.0 Å². The fourth-order valence-corrected chi connectivity index (χ4v) is 3.98. The van der Waals surface area contributed by atoms with Crippen LogP contribution in [-0.2, 0) is 16.1 Å². The van der Waals surface area contributed by atoms with Crippen LogP contribution in [0.25, 0.3) is 0 Å². The third-order valence-electron chi connectivity index (χ3n) is 5.24. The van der Waals surface area contributed by atoms with Crippen LogP contribution in [0.4, 0.5) is 0 Å². The first kappa shape index (κ1) is 18.7. The van der Waals surface area contributed by atoms with Gasteiger partial charge in [-0.1, -0.05) is 49.4 Å². The highest BCUT2D eigenvalue weighted by molar-refractivity contribution is 5.69. The molecule has 3 unspecified atom stereocenters. The van der Waals surface area contributed by atoms with Crippen molar-refractivity contribution in [2.45, 2.75) is 51.6 Å². The molecule has 0 radical (unpaired) electrons. The van der Waals surface area contributed by atoms with Crippen LogP contribution in [0.1, 0.15) is 44.6 Å². The first-order chi connectivity index (χ1) is 11.7.